The van der Waals surface area contributed by atoms with Crippen LogP contribution in [0.1, 0.15) is 12.0 Å². The van der Waals surface area contributed by atoms with E-state index >= 15 is 0 Å². The molecule has 0 aliphatic heterocycles. The van der Waals surface area contributed by atoms with Crippen LogP contribution in [0.15, 0.2) is 53.3 Å². The van der Waals surface area contributed by atoms with Crippen LogP contribution in [0, 0.1) is 0 Å². The number of anilines is 1. The number of pyridine rings is 1. The van der Waals surface area contributed by atoms with Crippen molar-refractivity contribution in [1.29, 1.82) is 0 Å². The SMILES string of the molecule is O=C(CCc1ccccc1)Nc1ccnc(Br)c1. The minimum atomic E-state index is 0.0111. The molecule has 0 saturated carbocycles. The first-order valence-corrected chi connectivity index (χ1v) is 6.49. The molecule has 3 nitrogen and oxygen atoms in total. The van der Waals surface area contributed by atoms with Gasteiger partial charge in [0, 0.05) is 18.3 Å². The molecule has 2 aromatic rings. The summed E-state index contributed by atoms with van der Waals surface area (Å²) in [6.07, 6.45) is 2.87. The fraction of sp³-hybridized carbons (Fsp3) is 0.143. The minimum absolute atomic E-state index is 0.0111. The summed E-state index contributed by atoms with van der Waals surface area (Å²) in [5.41, 5.74) is 1.93. The molecule has 0 aliphatic rings. The van der Waals surface area contributed by atoms with Gasteiger partial charge in [0.2, 0.25) is 5.91 Å². The van der Waals surface area contributed by atoms with Crippen LogP contribution >= 0.6 is 15.9 Å². The van der Waals surface area contributed by atoms with Gasteiger partial charge >= 0.3 is 0 Å². The molecule has 0 aliphatic carbocycles. The van der Waals surface area contributed by atoms with Crippen LogP contribution in [-0.2, 0) is 11.2 Å². The zero-order valence-electron chi connectivity index (χ0n) is 9.77. The molecule has 92 valence electrons. The first kappa shape index (κ1) is 12.8. The molecule has 0 fully saturated rings. The van der Waals surface area contributed by atoms with Gasteiger partial charge in [0.15, 0.2) is 0 Å². The predicted octanol–water partition coefficient (Wildman–Crippen LogP) is 3.42. The molecule has 0 unspecified atom stereocenters. The third-order valence-corrected chi connectivity index (χ3v) is 2.93. The molecular weight excluding hydrogens is 292 g/mol. The predicted molar refractivity (Wildman–Crippen MR) is 75.3 cm³/mol. The Kier molecular flexibility index (Phi) is 4.47. The third kappa shape index (κ3) is 3.96. The third-order valence-electron chi connectivity index (χ3n) is 2.49. The highest BCUT2D eigenvalue weighted by atomic mass is 79.9. The van der Waals surface area contributed by atoms with E-state index in [2.05, 4.69) is 26.2 Å². The maximum Gasteiger partial charge on any atom is 0.224 e. The molecule has 1 amide bonds. The van der Waals surface area contributed by atoms with Crippen LogP contribution < -0.4 is 5.32 Å². The number of carbonyl (C=O) groups is 1. The highest BCUT2D eigenvalue weighted by Crippen LogP contribution is 2.13. The minimum Gasteiger partial charge on any atom is -0.326 e. The van der Waals surface area contributed by atoms with Crippen molar-refractivity contribution >= 4 is 27.5 Å². The molecule has 1 heterocycles. The van der Waals surface area contributed by atoms with Crippen LogP contribution in [-0.4, -0.2) is 10.9 Å². The number of hydrogen-bond acceptors (Lipinski definition) is 2. The van der Waals surface area contributed by atoms with E-state index in [9.17, 15) is 4.79 Å². The van der Waals surface area contributed by atoms with Gasteiger partial charge in [0.25, 0.3) is 0 Å². The Hall–Kier alpha value is -1.68. The number of amides is 1. The number of carbonyl (C=O) groups excluding carboxylic acids is 1. The lowest BCUT2D eigenvalue weighted by atomic mass is 10.1. The lowest BCUT2D eigenvalue weighted by Gasteiger charge is -2.05. The summed E-state index contributed by atoms with van der Waals surface area (Å²) in [5.74, 6) is 0.0111. The highest BCUT2D eigenvalue weighted by molar-refractivity contribution is 9.10. The zero-order chi connectivity index (χ0) is 12.8. The fourth-order valence-electron chi connectivity index (χ4n) is 1.61. The van der Waals surface area contributed by atoms with Crippen molar-refractivity contribution in [3.05, 3.63) is 58.8 Å². The van der Waals surface area contributed by atoms with E-state index in [0.717, 1.165) is 12.1 Å². The Morgan fingerprint density at radius 3 is 2.72 bits per heavy atom. The van der Waals surface area contributed by atoms with Crippen molar-refractivity contribution in [3.63, 3.8) is 0 Å². The summed E-state index contributed by atoms with van der Waals surface area (Å²) in [7, 11) is 0. The second-order valence-electron chi connectivity index (χ2n) is 3.90. The Morgan fingerprint density at radius 1 is 1.22 bits per heavy atom. The molecule has 0 spiro atoms. The van der Waals surface area contributed by atoms with Crippen LogP contribution in [0.2, 0.25) is 0 Å². The molecule has 1 N–H and O–H groups in total. The zero-order valence-corrected chi connectivity index (χ0v) is 11.4. The van der Waals surface area contributed by atoms with E-state index < -0.39 is 0 Å². The van der Waals surface area contributed by atoms with E-state index in [1.165, 1.54) is 5.56 Å². The van der Waals surface area contributed by atoms with Gasteiger partial charge in [-0.05, 0) is 40.0 Å². The van der Waals surface area contributed by atoms with Crippen molar-refractivity contribution in [3.8, 4) is 0 Å². The lowest BCUT2D eigenvalue weighted by molar-refractivity contribution is -0.116. The van der Waals surface area contributed by atoms with Gasteiger partial charge in [0.1, 0.15) is 4.60 Å². The van der Waals surface area contributed by atoms with Gasteiger partial charge in [-0.15, -0.1) is 0 Å². The van der Waals surface area contributed by atoms with Crippen LogP contribution in [0.3, 0.4) is 0 Å². The summed E-state index contributed by atoms with van der Waals surface area (Å²) in [6, 6.07) is 13.5. The van der Waals surface area contributed by atoms with Gasteiger partial charge in [-0.1, -0.05) is 30.3 Å². The molecule has 2 rings (SSSR count). The number of halogens is 1. The number of nitrogens with one attached hydrogen (secondary N) is 1. The molecule has 18 heavy (non-hydrogen) atoms. The standard InChI is InChI=1S/C14H13BrN2O/c15-13-10-12(8-9-16-13)17-14(18)7-6-11-4-2-1-3-5-11/h1-5,8-10H,6-7H2,(H,16,17,18). The smallest absolute Gasteiger partial charge is 0.224 e. The Balaban J connectivity index is 1.86. The Morgan fingerprint density at radius 2 is 2.00 bits per heavy atom. The molecule has 0 atom stereocenters. The number of aryl methyl sites for hydroxylation is 1. The van der Waals surface area contributed by atoms with Crippen molar-refractivity contribution in [2.24, 2.45) is 0 Å². The number of benzene rings is 1. The number of rotatable bonds is 4. The molecule has 0 radical (unpaired) electrons. The van der Waals surface area contributed by atoms with Crippen molar-refractivity contribution in [1.82, 2.24) is 4.98 Å². The molecule has 0 saturated heterocycles. The lowest BCUT2D eigenvalue weighted by Crippen LogP contribution is -2.12. The Bertz CT molecular complexity index is 528. The molecule has 4 heteroatoms. The average Bonchev–Trinajstić information content (AvgIpc) is 2.38. The summed E-state index contributed by atoms with van der Waals surface area (Å²) < 4.78 is 0.711. The van der Waals surface area contributed by atoms with Crippen LogP contribution in [0.5, 0.6) is 0 Å². The van der Waals surface area contributed by atoms with Crippen LogP contribution in [0.25, 0.3) is 0 Å². The molecule has 1 aromatic heterocycles. The highest BCUT2D eigenvalue weighted by Gasteiger charge is 2.03. The maximum absolute atomic E-state index is 11.8. The second-order valence-corrected chi connectivity index (χ2v) is 4.71. The maximum atomic E-state index is 11.8. The first-order chi connectivity index (χ1) is 8.74. The van der Waals surface area contributed by atoms with Gasteiger partial charge in [-0.25, -0.2) is 4.98 Å². The van der Waals surface area contributed by atoms with Crippen LogP contribution in [0.4, 0.5) is 5.69 Å². The Labute approximate surface area is 114 Å². The first-order valence-electron chi connectivity index (χ1n) is 5.69. The largest absolute Gasteiger partial charge is 0.326 e. The van der Waals surface area contributed by atoms with Gasteiger partial charge < -0.3 is 5.32 Å². The van der Waals surface area contributed by atoms with E-state index in [1.807, 2.05) is 30.3 Å². The summed E-state index contributed by atoms with van der Waals surface area (Å²) in [4.78, 5) is 15.8. The van der Waals surface area contributed by atoms with E-state index in [4.69, 9.17) is 0 Å². The van der Waals surface area contributed by atoms with E-state index in [-0.39, 0.29) is 5.91 Å². The van der Waals surface area contributed by atoms with Crippen molar-refractivity contribution in [2.45, 2.75) is 12.8 Å². The number of nitrogens with zero attached hydrogens (tertiary/aromatic N) is 1. The van der Waals surface area contributed by atoms with Gasteiger partial charge in [-0.2, -0.15) is 0 Å². The molecular formula is C14H13BrN2O. The summed E-state index contributed by atoms with van der Waals surface area (Å²) in [5, 5.41) is 2.84. The van der Waals surface area contributed by atoms with E-state index in [1.54, 1.807) is 18.3 Å². The molecule has 1 aromatic carbocycles. The van der Waals surface area contributed by atoms with Crippen molar-refractivity contribution < 1.29 is 4.79 Å². The van der Waals surface area contributed by atoms with Gasteiger partial charge in [-0.3, -0.25) is 4.79 Å². The average molecular weight is 305 g/mol. The van der Waals surface area contributed by atoms with Gasteiger partial charge in [0.05, 0.1) is 0 Å². The normalized spacial score (nSPS) is 10.1. The second kappa shape index (κ2) is 6.31. The number of aromatic nitrogens is 1. The number of hydrogen-bond donors (Lipinski definition) is 1. The summed E-state index contributed by atoms with van der Waals surface area (Å²) in [6.45, 7) is 0. The van der Waals surface area contributed by atoms with Crippen molar-refractivity contribution in [2.75, 3.05) is 5.32 Å². The topological polar surface area (TPSA) is 42.0 Å². The van der Waals surface area contributed by atoms with E-state index in [0.29, 0.717) is 11.0 Å². The quantitative estimate of drug-likeness (QED) is 0.880. The monoisotopic (exact) mass is 304 g/mol. The fourth-order valence-corrected chi connectivity index (χ4v) is 1.97. The summed E-state index contributed by atoms with van der Waals surface area (Å²) >= 11 is 3.27. The molecule has 0 bridgehead atoms.